The first kappa shape index (κ1) is 14.5. The molecule has 3 heterocycles. The Hall–Kier alpha value is -2.06. The predicted octanol–water partition coefficient (Wildman–Crippen LogP) is 2.05. The van der Waals surface area contributed by atoms with Crippen molar-refractivity contribution in [3.8, 4) is 5.75 Å². The number of aromatic amines is 1. The van der Waals surface area contributed by atoms with E-state index in [9.17, 15) is 19.5 Å². The fraction of sp³-hybridized carbons (Fsp3) is 0.267. The fourth-order valence-corrected chi connectivity index (χ4v) is 5.66. The highest BCUT2D eigenvalue weighted by molar-refractivity contribution is 8.01. The molecule has 0 fully saturated rings. The molecule has 3 atom stereocenters. The number of carboxylic acid groups (broad SMARTS) is 1. The van der Waals surface area contributed by atoms with E-state index in [1.165, 1.54) is 6.92 Å². The molecular formula is C15H11NO5S2. The van der Waals surface area contributed by atoms with E-state index in [0.29, 0.717) is 15.7 Å². The van der Waals surface area contributed by atoms with Crippen LogP contribution >= 0.6 is 23.1 Å². The maximum absolute atomic E-state index is 12.5. The van der Waals surface area contributed by atoms with Gasteiger partial charge in [-0.05, 0) is 13.0 Å². The standard InChI is InChI=1S/C15H11NO5S2/c1-15(13(18)19)9-8(10-11(23-15)16-14(20)22-10)6-4-2-3-5-7(6)21-12(9)17/h2-5,8-9H,1H3,(H,16,20)(H,18,19)/t8-,9+,15+/m0/s1. The number of aromatic nitrogens is 1. The van der Waals surface area contributed by atoms with Gasteiger partial charge >= 0.3 is 16.8 Å². The number of hydrogen-bond donors (Lipinski definition) is 2. The molecule has 1 aromatic carbocycles. The van der Waals surface area contributed by atoms with Crippen molar-refractivity contribution < 1.29 is 19.4 Å². The lowest BCUT2D eigenvalue weighted by atomic mass is 9.75. The minimum Gasteiger partial charge on any atom is -0.480 e. The Balaban J connectivity index is 2.03. The molecule has 2 N–H and O–H groups in total. The molecule has 0 aliphatic carbocycles. The molecule has 1 aromatic heterocycles. The van der Waals surface area contributed by atoms with Crippen LogP contribution in [0, 0.1) is 5.92 Å². The number of hydrogen-bond acceptors (Lipinski definition) is 6. The lowest BCUT2D eigenvalue weighted by Crippen LogP contribution is -2.52. The summed E-state index contributed by atoms with van der Waals surface area (Å²) in [6.07, 6.45) is 0. The number of aliphatic carboxylic acids is 1. The Labute approximate surface area is 138 Å². The summed E-state index contributed by atoms with van der Waals surface area (Å²) in [5.41, 5.74) is 0.737. The lowest BCUT2D eigenvalue weighted by Gasteiger charge is -2.42. The molecule has 8 heteroatoms. The van der Waals surface area contributed by atoms with Crippen LogP contribution < -0.4 is 9.61 Å². The SMILES string of the molecule is C[C@@]1(C(=O)O)Sc2[nH]c(=O)sc2[C@H]2c3ccccc3OC(=O)[C@@H]21. The van der Waals surface area contributed by atoms with Gasteiger partial charge in [0.25, 0.3) is 0 Å². The quantitative estimate of drug-likeness (QED) is 0.604. The Morgan fingerprint density at radius 1 is 1.35 bits per heavy atom. The average Bonchev–Trinajstić information content (AvgIpc) is 2.86. The third kappa shape index (κ3) is 1.91. The number of nitrogens with one attached hydrogen (secondary N) is 1. The highest BCUT2D eigenvalue weighted by Crippen LogP contribution is 2.57. The number of carbonyl (C=O) groups excluding carboxylic acids is 1. The number of thioether (sulfide) groups is 1. The molecule has 6 nitrogen and oxygen atoms in total. The maximum atomic E-state index is 12.5. The second-order valence-electron chi connectivity index (χ2n) is 5.64. The van der Waals surface area contributed by atoms with Crippen molar-refractivity contribution in [1.82, 2.24) is 4.98 Å². The van der Waals surface area contributed by atoms with E-state index in [4.69, 9.17) is 4.74 Å². The molecule has 0 radical (unpaired) electrons. The smallest absolute Gasteiger partial charge is 0.320 e. The van der Waals surface area contributed by atoms with Crippen molar-refractivity contribution in [2.24, 2.45) is 5.92 Å². The van der Waals surface area contributed by atoms with Crippen molar-refractivity contribution in [1.29, 1.82) is 0 Å². The minimum atomic E-state index is -1.41. The second-order valence-corrected chi connectivity index (χ2v) is 8.11. The molecule has 0 saturated carbocycles. The Morgan fingerprint density at radius 3 is 2.83 bits per heavy atom. The molecule has 0 bridgehead atoms. The van der Waals surface area contributed by atoms with Gasteiger partial charge in [-0.3, -0.25) is 14.4 Å². The van der Waals surface area contributed by atoms with E-state index in [-0.39, 0.29) is 4.87 Å². The van der Waals surface area contributed by atoms with Crippen LogP contribution in [0.3, 0.4) is 0 Å². The van der Waals surface area contributed by atoms with Crippen molar-refractivity contribution in [3.63, 3.8) is 0 Å². The number of fused-ring (bicyclic) bond motifs is 5. The first-order valence-electron chi connectivity index (χ1n) is 6.88. The second kappa shape index (κ2) is 4.72. The number of para-hydroxylation sites is 1. The van der Waals surface area contributed by atoms with Gasteiger partial charge in [-0.25, -0.2) is 0 Å². The number of thiazole rings is 1. The molecule has 0 unspecified atom stereocenters. The number of ether oxygens (including phenoxy) is 1. The highest BCUT2D eigenvalue weighted by Gasteiger charge is 2.58. The zero-order chi connectivity index (χ0) is 16.4. The number of H-pyrrole nitrogens is 1. The van der Waals surface area contributed by atoms with Crippen LogP contribution in [-0.4, -0.2) is 26.8 Å². The van der Waals surface area contributed by atoms with E-state index < -0.39 is 28.5 Å². The topological polar surface area (TPSA) is 96.5 Å². The number of carboxylic acids is 1. The van der Waals surface area contributed by atoms with Crippen LogP contribution in [-0.2, 0) is 9.59 Å². The van der Waals surface area contributed by atoms with Gasteiger partial charge in [-0.2, -0.15) is 0 Å². The monoisotopic (exact) mass is 349 g/mol. The molecule has 0 saturated heterocycles. The van der Waals surface area contributed by atoms with E-state index in [1.54, 1.807) is 12.1 Å². The first-order chi connectivity index (χ1) is 10.9. The van der Waals surface area contributed by atoms with Crippen molar-refractivity contribution in [2.45, 2.75) is 22.6 Å². The van der Waals surface area contributed by atoms with E-state index >= 15 is 0 Å². The van der Waals surface area contributed by atoms with Gasteiger partial charge in [0.15, 0.2) is 0 Å². The largest absolute Gasteiger partial charge is 0.480 e. The number of esters is 1. The summed E-state index contributed by atoms with van der Waals surface area (Å²) in [6, 6.07) is 7.05. The molecule has 0 spiro atoms. The summed E-state index contributed by atoms with van der Waals surface area (Å²) in [4.78, 5) is 39.4. The molecule has 118 valence electrons. The van der Waals surface area contributed by atoms with Crippen LogP contribution in [0.5, 0.6) is 5.75 Å². The van der Waals surface area contributed by atoms with Crippen molar-refractivity contribution in [2.75, 3.05) is 0 Å². The highest BCUT2D eigenvalue weighted by atomic mass is 32.2. The normalized spacial score (nSPS) is 28.3. The molecule has 2 aromatic rings. The van der Waals surface area contributed by atoms with Crippen LogP contribution in [0.4, 0.5) is 0 Å². The summed E-state index contributed by atoms with van der Waals surface area (Å²) in [5, 5.41) is 10.2. The van der Waals surface area contributed by atoms with Gasteiger partial charge in [0.1, 0.15) is 10.5 Å². The van der Waals surface area contributed by atoms with Crippen LogP contribution in [0.25, 0.3) is 0 Å². The van der Waals surface area contributed by atoms with E-state index in [0.717, 1.165) is 28.7 Å². The molecule has 23 heavy (non-hydrogen) atoms. The van der Waals surface area contributed by atoms with Crippen LogP contribution in [0.1, 0.15) is 23.3 Å². The lowest BCUT2D eigenvalue weighted by molar-refractivity contribution is -0.151. The van der Waals surface area contributed by atoms with Crippen LogP contribution in [0.15, 0.2) is 34.1 Å². The minimum absolute atomic E-state index is 0.257. The van der Waals surface area contributed by atoms with Gasteiger partial charge < -0.3 is 14.8 Å². The predicted molar refractivity (Wildman–Crippen MR) is 84.2 cm³/mol. The first-order valence-corrected chi connectivity index (χ1v) is 8.51. The zero-order valence-electron chi connectivity index (χ0n) is 11.9. The molecule has 2 aliphatic heterocycles. The van der Waals surface area contributed by atoms with E-state index in [1.807, 2.05) is 12.1 Å². The van der Waals surface area contributed by atoms with Gasteiger partial charge in [-0.1, -0.05) is 41.3 Å². The summed E-state index contributed by atoms with van der Waals surface area (Å²) in [7, 11) is 0. The third-order valence-electron chi connectivity index (χ3n) is 4.31. The summed E-state index contributed by atoms with van der Waals surface area (Å²) in [5.74, 6) is -2.64. The Bertz CT molecular complexity index is 901. The van der Waals surface area contributed by atoms with Gasteiger partial charge in [-0.15, -0.1) is 0 Å². The summed E-state index contributed by atoms with van der Waals surface area (Å²) < 4.78 is 3.96. The number of benzene rings is 1. The summed E-state index contributed by atoms with van der Waals surface area (Å²) in [6.45, 7) is 1.51. The average molecular weight is 349 g/mol. The Morgan fingerprint density at radius 2 is 2.09 bits per heavy atom. The van der Waals surface area contributed by atoms with Gasteiger partial charge in [0.05, 0.1) is 10.9 Å². The zero-order valence-corrected chi connectivity index (χ0v) is 13.5. The summed E-state index contributed by atoms with van der Waals surface area (Å²) >= 11 is 2.03. The molecular weight excluding hydrogens is 338 g/mol. The Kier molecular flexibility index (Phi) is 2.98. The maximum Gasteiger partial charge on any atom is 0.320 e. The van der Waals surface area contributed by atoms with Gasteiger partial charge in [0.2, 0.25) is 0 Å². The molecule has 0 amide bonds. The number of rotatable bonds is 1. The third-order valence-corrected chi connectivity index (χ3v) is 6.78. The van der Waals surface area contributed by atoms with Crippen molar-refractivity contribution >= 4 is 35.0 Å². The van der Waals surface area contributed by atoms with Crippen LogP contribution in [0.2, 0.25) is 0 Å². The molecule has 4 rings (SSSR count). The van der Waals surface area contributed by atoms with E-state index in [2.05, 4.69) is 4.98 Å². The fourth-order valence-electron chi connectivity index (χ4n) is 3.21. The molecule has 2 aliphatic rings. The number of carbonyl (C=O) groups is 2. The van der Waals surface area contributed by atoms with Gasteiger partial charge in [0, 0.05) is 16.4 Å². The van der Waals surface area contributed by atoms with Crippen molar-refractivity contribution in [3.05, 3.63) is 44.4 Å².